The number of nitrogen functional groups attached to an aromatic ring is 1. The first kappa shape index (κ1) is 8.45. The van der Waals surface area contributed by atoms with Crippen LogP contribution in [0.2, 0.25) is 0 Å². The van der Waals surface area contributed by atoms with Gasteiger partial charge in [0.1, 0.15) is 0 Å². The van der Waals surface area contributed by atoms with Crippen LogP contribution in [0.3, 0.4) is 0 Å². The quantitative estimate of drug-likeness (QED) is 0.657. The predicted octanol–water partition coefficient (Wildman–Crippen LogP) is 2.01. The fourth-order valence-electron chi connectivity index (χ4n) is 0.754. The van der Waals surface area contributed by atoms with Gasteiger partial charge in [-0.15, -0.1) is 0 Å². The molecule has 1 aromatic carbocycles. The highest BCUT2D eigenvalue weighted by molar-refractivity contribution is 14.1. The number of ether oxygens (including phenoxy) is 1. The Labute approximate surface area is 79.2 Å². The number of hydrogen-bond donors (Lipinski definition) is 1. The van der Waals surface area contributed by atoms with E-state index in [1.54, 1.807) is 48.3 Å². The molecule has 0 unspecified atom stereocenters. The molecule has 0 fully saturated rings. The highest BCUT2D eigenvalue weighted by atomic mass is 127. The zero-order chi connectivity index (χ0) is 8.27. The van der Waals surface area contributed by atoms with Gasteiger partial charge in [-0.3, -0.25) is 0 Å². The summed E-state index contributed by atoms with van der Waals surface area (Å²) >= 11 is 1.78. The lowest BCUT2D eigenvalue weighted by Gasteiger charge is -2.05. The zero-order valence-corrected chi connectivity index (χ0v) is 8.16. The molecule has 0 aliphatic heterocycles. The fourth-order valence-corrected chi connectivity index (χ4v) is 1.10. The fraction of sp³-hybridized carbons (Fsp3) is 0.143. The second kappa shape index (κ2) is 3.66. The third-order valence-electron chi connectivity index (χ3n) is 1.27. The Hall–Kier alpha value is -0.650. The SMILES string of the molecule is COc1ccc(N)cc1OI. The van der Waals surface area contributed by atoms with E-state index in [1.807, 2.05) is 0 Å². The lowest BCUT2D eigenvalue weighted by atomic mass is 10.3. The van der Waals surface area contributed by atoms with Gasteiger partial charge in [0.15, 0.2) is 34.5 Å². The number of halogens is 1. The van der Waals surface area contributed by atoms with Gasteiger partial charge in [0.05, 0.1) is 7.11 Å². The maximum atomic E-state index is 5.52. The Morgan fingerprint density at radius 2 is 2.09 bits per heavy atom. The van der Waals surface area contributed by atoms with Crippen LogP contribution < -0.4 is 13.5 Å². The Bertz CT molecular complexity index is 252. The molecule has 11 heavy (non-hydrogen) atoms. The molecule has 60 valence electrons. The molecule has 0 aliphatic carbocycles. The standard InChI is InChI=1S/C7H8INO2/c1-10-6-3-2-5(9)4-7(6)11-8/h2-4H,9H2,1H3. The van der Waals surface area contributed by atoms with Gasteiger partial charge in [-0.2, -0.15) is 0 Å². The summed E-state index contributed by atoms with van der Waals surface area (Å²) in [6, 6.07) is 5.24. The van der Waals surface area contributed by atoms with Crippen molar-refractivity contribution in [3.63, 3.8) is 0 Å². The van der Waals surface area contributed by atoms with Crippen LogP contribution in [-0.2, 0) is 0 Å². The van der Waals surface area contributed by atoms with Gasteiger partial charge in [-0.05, 0) is 12.1 Å². The minimum absolute atomic E-state index is 0.646. The van der Waals surface area contributed by atoms with Crippen molar-refractivity contribution in [2.24, 2.45) is 0 Å². The number of rotatable bonds is 2. The van der Waals surface area contributed by atoms with Crippen LogP contribution in [0.25, 0.3) is 0 Å². The van der Waals surface area contributed by atoms with E-state index in [2.05, 4.69) is 0 Å². The van der Waals surface area contributed by atoms with Gasteiger partial charge >= 0.3 is 0 Å². The summed E-state index contributed by atoms with van der Waals surface area (Å²) in [7, 11) is 1.59. The minimum Gasteiger partial charge on any atom is -0.493 e. The zero-order valence-electron chi connectivity index (χ0n) is 6.00. The van der Waals surface area contributed by atoms with E-state index in [0.29, 0.717) is 17.2 Å². The van der Waals surface area contributed by atoms with Crippen molar-refractivity contribution in [3.8, 4) is 11.5 Å². The number of hydrogen-bond acceptors (Lipinski definition) is 3. The molecule has 0 aromatic heterocycles. The van der Waals surface area contributed by atoms with Gasteiger partial charge in [0.25, 0.3) is 0 Å². The Morgan fingerprint density at radius 1 is 1.36 bits per heavy atom. The average molecular weight is 265 g/mol. The molecule has 0 atom stereocenters. The maximum Gasteiger partial charge on any atom is 0.192 e. The number of anilines is 1. The molecule has 0 bridgehead atoms. The molecular formula is C7H8INO2. The highest BCUT2D eigenvalue weighted by Crippen LogP contribution is 2.30. The lowest BCUT2D eigenvalue weighted by Crippen LogP contribution is -1.89. The third kappa shape index (κ3) is 1.89. The molecule has 1 rings (SSSR count). The first-order chi connectivity index (χ1) is 5.27. The second-order valence-corrected chi connectivity index (χ2v) is 2.43. The monoisotopic (exact) mass is 265 g/mol. The molecule has 0 aliphatic rings. The molecule has 0 amide bonds. The average Bonchev–Trinajstić information content (AvgIpc) is 2.04. The summed E-state index contributed by atoms with van der Waals surface area (Å²) in [5, 5.41) is 0. The molecule has 1 aromatic rings. The highest BCUT2D eigenvalue weighted by Gasteiger charge is 2.02. The van der Waals surface area contributed by atoms with E-state index in [4.69, 9.17) is 13.5 Å². The predicted molar refractivity (Wildman–Crippen MR) is 52.1 cm³/mol. The first-order valence-corrected chi connectivity index (χ1v) is 3.88. The van der Waals surface area contributed by atoms with E-state index in [-0.39, 0.29) is 0 Å². The normalized spacial score (nSPS) is 9.27. The first-order valence-electron chi connectivity index (χ1n) is 3.00. The molecule has 2 N–H and O–H groups in total. The van der Waals surface area contributed by atoms with Gasteiger partial charge in [0, 0.05) is 11.8 Å². The van der Waals surface area contributed by atoms with Gasteiger partial charge in [-0.1, -0.05) is 0 Å². The minimum atomic E-state index is 0.646. The van der Waals surface area contributed by atoms with Crippen LogP contribution in [0.4, 0.5) is 5.69 Å². The largest absolute Gasteiger partial charge is 0.493 e. The molecule has 0 saturated heterocycles. The molecule has 0 spiro atoms. The van der Waals surface area contributed by atoms with Crippen LogP contribution in [0.1, 0.15) is 0 Å². The van der Waals surface area contributed by atoms with Crippen molar-refractivity contribution in [3.05, 3.63) is 18.2 Å². The van der Waals surface area contributed by atoms with Crippen LogP contribution >= 0.6 is 23.0 Å². The van der Waals surface area contributed by atoms with Gasteiger partial charge in [-0.25, -0.2) is 0 Å². The molecule has 0 heterocycles. The molecular weight excluding hydrogens is 257 g/mol. The van der Waals surface area contributed by atoms with E-state index in [9.17, 15) is 0 Å². The van der Waals surface area contributed by atoms with Crippen molar-refractivity contribution in [1.82, 2.24) is 0 Å². The second-order valence-electron chi connectivity index (χ2n) is 1.99. The van der Waals surface area contributed by atoms with E-state index in [1.165, 1.54) is 0 Å². The number of nitrogens with two attached hydrogens (primary N) is 1. The summed E-state index contributed by atoms with van der Waals surface area (Å²) < 4.78 is 9.99. The third-order valence-corrected chi connectivity index (χ3v) is 1.75. The topological polar surface area (TPSA) is 44.5 Å². The van der Waals surface area contributed by atoms with Crippen molar-refractivity contribution in [2.45, 2.75) is 0 Å². The van der Waals surface area contributed by atoms with Crippen LogP contribution in [-0.4, -0.2) is 7.11 Å². The van der Waals surface area contributed by atoms with E-state index < -0.39 is 0 Å². The lowest BCUT2D eigenvalue weighted by molar-refractivity contribution is 0.403. The van der Waals surface area contributed by atoms with Crippen molar-refractivity contribution < 1.29 is 7.80 Å². The van der Waals surface area contributed by atoms with E-state index in [0.717, 1.165) is 0 Å². The van der Waals surface area contributed by atoms with Gasteiger partial charge < -0.3 is 13.5 Å². The Balaban J connectivity index is 3.06. The summed E-state index contributed by atoms with van der Waals surface area (Å²) in [6.45, 7) is 0. The summed E-state index contributed by atoms with van der Waals surface area (Å²) in [4.78, 5) is 0. The molecule has 0 radical (unpaired) electrons. The molecule has 3 nitrogen and oxygen atoms in total. The van der Waals surface area contributed by atoms with Crippen LogP contribution in [0, 0.1) is 0 Å². The summed E-state index contributed by atoms with van der Waals surface area (Å²) in [5.41, 5.74) is 6.18. The van der Waals surface area contributed by atoms with Crippen LogP contribution in [0.15, 0.2) is 18.2 Å². The maximum absolute atomic E-state index is 5.52. The Kier molecular flexibility index (Phi) is 2.81. The Morgan fingerprint density at radius 3 is 2.64 bits per heavy atom. The van der Waals surface area contributed by atoms with Crippen molar-refractivity contribution in [2.75, 3.05) is 12.8 Å². The summed E-state index contributed by atoms with van der Waals surface area (Å²) in [5.74, 6) is 1.33. The van der Waals surface area contributed by atoms with E-state index >= 15 is 0 Å². The number of methoxy groups -OCH3 is 1. The van der Waals surface area contributed by atoms with Gasteiger partial charge in [0.2, 0.25) is 0 Å². The molecule has 0 saturated carbocycles. The van der Waals surface area contributed by atoms with Crippen molar-refractivity contribution >= 4 is 28.7 Å². The summed E-state index contributed by atoms with van der Waals surface area (Å²) in [6.07, 6.45) is 0. The molecule has 4 heteroatoms. The van der Waals surface area contributed by atoms with Crippen molar-refractivity contribution in [1.29, 1.82) is 0 Å². The smallest absolute Gasteiger partial charge is 0.192 e. The number of benzene rings is 1. The van der Waals surface area contributed by atoms with Crippen LogP contribution in [0.5, 0.6) is 11.5 Å².